The summed E-state index contributed by atoms with van der Waals surface area (Å²) in [5.41, 5.74) is 0. The number of furan rings is 1. The van der Waals surface area contributed by atoms with Gasteiger partial charge in [-0.05, 0) is 31.0 Å². The predicted molar refractivity (Wildman–Crippen MR) is 83.5 cm³/mol. The fourth-order valence-corrected chi connectivity index (χ4v) is 3.57. The topological polar surface area (TPSA) is 77.7 Å². The maximum atomic E-state index is 12.6. The second-order valence-electron chi connectivity index (χ2n) is 6.06. The normalized spacial score (nSPS) is 26.2. The first-order valence-corrected chi connectivity index (χ1v) is 8.19. The van der Waals surface area contributed by atoms with Crippen LogP contribution in [0.25, 0.3) is 0 Å². The summed E-state index contributed by atoms with van der Waals surface area (Å²) in [6.45, 7) is 1.62. The van der Waals surface area contributed by atoms with Crippen molar-refractivity contribution in [2.75, 3.05) is 19.8 Å². The monoisotopic (exact) mass is 329 g/mol. The molecule has 2 aromatic rings. The van der Waals surface area contributed by atoms with Crippen LogP contribution in [0.3, 0.4) is 0 Å². The van der Waals surface area contributed by atoms with Gasteiger partial charge in [0.1, 0.15) is 0 Å². The van der Waals surface area contributed by atoms with Gasteiger partial charge < -0.3 is 18.8 Å². The highest BCUT2D eigenvalue weighted by molar-refractivity contribution is 5.91. The van der Waals surface area contributed by atoms with Crippen molar-refractivity contribution in [2.24, 2.45) is 5.92 Å². The molecule has 1 saturated heterocycles. The molecular weight excluding hydrogens is 310 g/mol. The van der Waals surface area contributed by atoms with Crippen LogP contribution >= 0.6 is 0 Å². The second kappa shape index (κ2) is 6.60. The summed E-state index contributed by atoms with van der Waals surface area (Å²) in [7, 11) is 0. The highest BCUT2D eigenvalue weighted by Gasteiger charge is 2.45. The zero-order valence-corrected chi connectivity index (χ0v) is 13.2. The van der Waals surface area contributed by atoms with Crippen LogP contribution in [0, 0.1) is 5.92 Å². The average Bonchev–Trinajstić information content (AvgIpc) is 3.30. The molecule has 0 radical (unpaired) electrons. The fraction of sp³-hybridized carbons (Fsp3) is 0.471. The van der Waals surface area contributed by atoms with Gasteiger partial charge in [-0.2, -0.15) is 0 Å². The molecule has 2 aliphatic rings. The van der Waals surface area contributed by atoms with E-state index in [4.69, 9.17) is 13.9 Å². The predicted octanol–water partition coefficient (Wildman–Crippen LogP) is 1.77. The Morgan fingerprint density at radius 1 is 1.29 bits per heavy atom. The molecule has 2 aromatic heterocycles. The summed E-state index contributed by atoms with van der Waals surface area (Å²) in [6.07, 6.45) is 6.67. The van der Waals surface area contributed by atoms with Crippen LogP contribution in [-0.4, -0.2) is 52.7 Å². The molecule has 126 valence electrons. The number of amides is 1. The van der Waals surface area contributed by atoms with Crippen molar-refractivity contribution in [3.63, 3.8) is 0 Å². The van der Waals surface area contributed by atoms with Gasteiger partial charge >= 0.3 is 6.01 Å². The summed E-state index contributed by atoms with van der Waals surface area (Å²) in [4.78, 5) is 22.6. The van der Waals surface area contributed by atoms with Gasteiger partial charge in [-0.1, -0.05) is 0 Å². The summed E-state index contributed by atoms with van der Waals surface area (Å²) in [5, 5.41) is 0. The Morgan fingerprint density at radius 2 is 2.17 bits per heavy atom. The number of hydrogen-bond acceptors (Lipinski definition) is 6. The molecule has 24 heavy (non-hydrogen) atoms. The summed E-state index contributed by atoms with van der Waals surface area (Å²) in [6, 6.07) is 5.63. The number of nitrogens with zero attached hydrogens (tertiary/aromatic N) is 3. The number of carbonyl (C=O) groups is 1. The van der Waals surface area contributed by atoms with Crippen LogP contribution in [0.2, 0.25) is 0 Å². The quantitative estimate of drug-likeness (QED) is 0.851. The van der Waals surface area contributed by atoms with Gasteiger partial charge in [0, 0.05) is 24.9 Å². The number of morpholine rings is 1. The maximum absolute atomic E-state index is 12.6. The molecule has 0 spiro atoms. The Morgan fingerprint density at radius 3 is 2.96 bits per heavy atom. The molecule has 0 N–H and O–H groups in total. The first-order chi connectivity index (χ1) is 11.8. The first kappa shape index (κ1) is 15.1. The van der Waals surface area contributed by atoms with Crippen LogP contribution in [0.4, 0.5) is 0 Å². The molecule has 1 amide bonds. The zero-order chi connectivity index (χ0) is 16.4. The third-order valence-electron chi connectivity index (χ3n) is 4.68. The molecule has 4 rings (SSSR count). The van der Waals surface area contributed by atoms with Crippen molar-refractivity contribution in [1.82, 2.24) is 14.9 Å². The molecule has 1 aliphatic carbocycles. The minimum atomic E-state index is -0.0636. The summed E-state index contributed by atoms with van der Waals surface area (Å²) in [5.74, 6) is 0.547. The fourth-order valence-electron chi connectivity index (χ4n) is 3.57. The van der Waals surface area contributed by atoms with E-state index in [-0.39, 0.29) is 24.0 Å². The number of aromatic nitrogens is 2. The van der Waals surface area contributed by atoms with Crippen LogP contribution in [-0.2, 0) is 4.74 Å². The standard InChI is InChI=1S/C17H19N3O4/c21-16(14-3-1-9-22-14)20-8-10-23-15-12(4-5-13(15)20)11-24-17-18-6-2-7-19-17/h1-3,6-7,9,12-13,15H,4-5,8,10-11H2/t12-,13+,15-/m1/s1. The maximum Gasteiger partial charge on any atom is 0.316 e. The molecule has 3 atom stereocenters. The minimum absolute atomic E-state index is 0.0126. The van der Waals surface area contributed by atoms with Gasteiger partial charge in [-0.25, -0.2) is 9.97 Å². The molecule has 0 unspecified atom stereocenters. The van der Waals surface area contributed by atoms with Crippen molar-refractivity contribution >= 4 is 5.91 Å². The van der Waals surface area contributed by atoms with Crippen LogP contribution < -0.4 is 4.74 Å². The smallest absolute Gasteiger partial charge is 0.316 e. The second-order valence-corrected chi connectivity index (χ2v) is 6.06. The van der Waals surface area contributed by atoms with Crippen molar-refractivity contribution < 1.29 is 18.7 Å². The molecule has 1 saturated carbocycles. The lowest BCUT2D eigenvalue weighted by Gasteiger charge is -2.38. The van der Waals surface area contributed by atoms with E-state index in [1.54, 1.807) is 30.6 Å². The van der Waals surface area contributed by atoms with Gasteiger partial charge in [0.2, 0.25) is 0 Å². The molecule has 3 heterocycles. The number of rotatable bonds is 4. The highest BCUT2D eigenvalue weighted by atomic mass is 16.5. The van der Waals surface area contributed by atoms with Crippen molar-refractivity contribution in [3.8, 4) is 6.01 Å². The third kappa shape index (κ3) is 2.87. The van der Waals surface area contributed by atoms with E-state index in [1.165, 1.54) is 6.26 Å². The molecule has 0 bridgehead atoms. The molecule has 7 nitrogen and oxygen atoms in total. The Labute approximate surface area is 139 Å². The SMILES string of the molecule is O=C(c1ccco1)N1CCO[C@@H]2[C@@H](COc3ncccn3)CC[C@@H]21. The number of carbonyl (C=O) groups excluding carboxylic acids is 1. The third-order valence-corrected chi connectivity index (χ3v) is 4.68. The van der Waals surface area contributed by atoms with Gasteiger partial charge in [-0.15, -0.1) is 0 Å². The van der Waals surface area contributed by atoms with Crippen LogP contribution in [0.1, 0.15) is 23.4 Å². The van der Waals surface area contributed by atoms with E-state index in [2.05, 4.69) is 9.97 Å². The average molecular weight is 329 g/mol. The van der Waals surface area contributed by atoms with E-state index in [0.717, 1.165) is 12.8 Å². The molecule has 7 heteroatoms. The minimum Gasteiger partial charge on any atom is -0.463 e. The number of ether oxygens (including phenoxy) is 2. The van der Waals surface area contributed by atoms with Gasteiger partial charge in [-0.3, -0.25) is 4.79 Å². The Hall–Kier alpha value is -2.41. The van der Waals surface area contributed by atoms with Crippen LogP contribution in [0.5, 0.6) is 6.01 Å². The van der Waals surface area contributed by atoms with Gasteiger partial charge in [0.05, 0.1) is 31.6 Å². The van der Waals surface area contributed by atoms with E-state index in [0.29, 0.717) is 31.5 Å². The lowest BCUT2D eigenvalue weighted by molar-refractivity contribution is -0.0689. The highest BCUT2D eigenvalue weighted by Crippen LogP contribution is 2.35. The summed E-state index contributed by atoms with van der Waals surface area (Å²) < 4.78 is 16.9. The molecule has 1 aliphatic heterocycles. The summed E-state index contributed by atoms with van der Waals surface area (Å²) >= 11 is 0. The lowest BCUT2D eigenvalue weighted by atomic mass is 10.0. The van der Waals surface area contributed by atoms with E-state index in [9.17, 15) is 4.79 Å². The number of fused-ring (bicyclic) bond motifs is 1. The van der Waals surface area contributed by atoms with Crippen molar-refractivity contribution in [2.45, 2.75) is 25.0 Å². The largest absolute Gasteiger partial charge is 0.463 e. The van der Waals surface area contributed by atoms with Crippen molar-refractivity contribution in [1.29, 1.82) is 0 Å². The van der Waals surface area contributed by atoms with Gasteiger partial charge in [0.15, 0.2) is 5.76 Å². The van der Waals surface area contributed by atoms with Crippen LogP contribution in [0.15, 0.2) is 41.3 Å². The van der Waals surface area contributed by atoms with E-state index in [1.807, 2.05) is 4.90 Å². The Balaban J connectivity index is 1.42. The zero-order valence-electron chi connectivity index (χ0n) is 13.2. The first-order valence-electron chi connectivity index (χ1n) is 8.19. The van der Waals surface area contributed by atoms with E-state index < -0.39 is 0 Å². The lowest BCUT2D eigenvalue weighted by Crippen LogP contribution is -2.53. The van der Waals surface area contributed by atoms with Gasteiger partial charge in [0.25, 0.3) is 5.91 Å². The Kier molecular flexibility index (Phi) is 4.17. The number of hydrogen-bond donors (Lipinski definition) is 0. The molecule has 0 aromatic carbocycles. The Bertz CT molecular complexity index is 676. The molecular formula is C17H19N3O4. The van der Waals surface area contributed by atoms with Crippen molar-refractivity contribution in [3.05, 3.63) is 42.6 Å². The van der Waals surface area contributed by atoms with E-state index >= 15 is 0 Å². The molecule has 2 fully saturated rings.